The number of aryl methyl sites for hydroxylation is 1. The van der Waals surface area contributed by atoms with Crippen molar-refractivity contribution in [2.75, 3.05) is 26.3 Å². The molecule has 0 aliphatic rings. The van der Waals surface area contributed by atoms with Crippen LogP contribution >= 0.6 is 0 Å². The summed E-state index contributed by atoms with van der Waals surface area (Å²) >= 11 is 0. The van der Waals surface area contributed by atoms with Gasteiger partial charge in [-0.05, 0) is 18.9 Å². The molecular formula is C16H28NO4+. The summed E-state index contributed by atoms with van der Waals surface area (Å²) in [5.41, 5.74) is 1.26. The second kappa shape index (κ2) is 9.87. The van der Waals surface area contributed by atoms with E-state index < -0.39 is 12.2 Å². The van der Waals surface area contributed by atoms with Crippen LogP contribution in [0.1, 0.15) is 18.9 Å². The first-order valence-electron chi connectivity index (χ1n) is 7.53. The van der Waals surface area contributed by atoms with Gasteiger partial charge in [0, 0.05) is 6.42 Å². The van der Waals surface area contributed by atoms with Gasteiger partial charge >= 0.3 is 0 Å². The molecule has 0 bridgehead atoms. The van der Waals surface area contributed by atoms with E-state index in [1.807, 2.05) is 18.2 Å². The number of quaternary nitrogens is 1. The smallest absolute Gasteiger partial charge is 0.126 e. The van der Waals surface area contributed by atoms with Crippen LogP contribution < -0.4 is 4.90 Å². The summed E-state index contributed by atoms with van der Waals surface area (Å²) in [7, 11) is 0. The lowest BCUT2D eigenvalue weighted by molar-refractivity contribution is -0.929. The number of aliphatic hydroxyl groups excluding tert-OH is 4. The van der Waals surface area contributed by atoms with Crippen molar-refractivity contribution in [2.45, 2.75) is 38.0 Å². The topological polar surface area (TPSA) is 85.4 Å². The molecule has 1 rings (SSSR count). The van der Waals surface area contributed by atoms with E-state index in [1.165, 1.54) is 5.56 Å². The Morgan fingerprint density at radius 1 is 0.952 bits per heavy atom. The highest BCUT2D eigenvalue weighted by atomic mass is 16.3. The molecular weight excluding hydrogens is 270 g/mol. The van der Waals surface area contributed by atoms with Crippen LogP contribution in [0.4, 0.5) is 0 Å². The quantitative estimate of drug-likeness (QED) is 0.368. The molecule has 0 aliphatic carbocycles. The largest absolute Gasteiger partial charge is 0.393 e. The van der Waals surface area contributed by atoms with Crippen LogP contribution in [0, 0.1) is 0 Å². The molecule has 0 radical (unpaired) electrons. The van der Waals surface area contributed by atoms with Gasteiger partial charge in [0.1, 0.15) is 25.3 Å². The molecule has 1 aromatic rings. The second-order valence-electron chi connectivity index (χ2n) is 5.66. The molecule has 120 valence electrons. The number of rotatable bonds is 10. The second-order valence-corrected chi connectivity index (χ2v) is 5.66. The van der Waals surface area contributed by atoms with Crippen molar-refractivity contribution in [3.8, 4) is 0 Å². The SMILES string of the molecule is C[C@H](CCc1ccccc1)[NH+](C[C@H](O)CO)C[C@@H](O)CO. The lowest BCUT2D eigenvalue weighted by atomic mass is 10.0. The normalized spacial score (nSPS) is 17.2. The summed E-state index contributed by atoms with van der Waals surface area (Å²) in [6.07, 6.45) is 0.237. The van der Waals surface area contributed by atoms with E-state index in [4.69, 9.17) is 10.2 Å². The van der Waals surface area contributed by atoms with Gasteiger partial charge in [0.15, 0.2) is 0 Å². The molecule has 0 amide bonds. The number of benzene rings is 1. The van der Waals surface area contributed by atoms with Crippen molar-refractivity contribution in [2.24, 2.45) is 0 Å². The molecule has 0 saturated carbocycles. The van der Waals surface area contributed by atoms with Crippen LogP contribution in [0.15, 0.2) is 30.3 Å². The van der Waals surface area contributed by atoms with E-state index in [0.717, 1.165) is 17.7 Å². The van der Waals surface area contributed by atoms with E-state index in [1.54, 1.807) is 0 Å². The summed E-state index contributed by atoms with van der Waals surface area (Å²) in [5, 5.41) is 37.2. The maximum absolute atomic E-state index is 9.63. The molecule has 0 heterocycles. The van der Waals surface area contributed by atoms with Crippen molar-refractivity contribution in [3.05, 3.63) is 35.9 Å². The molecule has 5 N–H and O–H groups in total. The number of hydrogen-bond acceptors (Lipinski definition) is 4. The Morgan fingerprint density at radius 3 is 1.95 bits per heavy atom. The molecule has 1 aromatic carbocycles. The zero-order valence-corrected chi connectivity index (χ0v) is 12.7. The lowest BCUT2D eigenvalue weighted by Crippen LogP contribution is -3.17. The Morgan fingerprint density at radius 2 is 1.48 bits per heavy atom. The predicted molar refractivity (Wildman–Crippen MR) is 81.1 cm³/mol. The van der Waals surface area contributed by atoms with E-state index in [-0.39, 0.29) is 19.3 Å². The molecule has 4 atom stereocenters. The highest BCUT2D eigenvalue weighted by Crippen LogP contribution is 2.03. The zero-order chi connectivity index (χ0) is 15.7. The van der Waals surface area contributed by atoms with Gasteiger partial charge in [0.05, 0.1) is 19.3 Å². The maximum atomic E-state index is 9.63. The van der Waals surface area contributed by atoms with Crippen molar-refractivity contribution in [1.82, 2.24) is 0 Å². The first kappa shape index (κ1) is 18.1. The average Bonchev–Trinajstić information content (AvgIpc) is 2.52. The number of aliphatic hydroxyl groups is 4. The predicted octanol–water partition coefficient (Wildman–Crippen LogP) is -1.40. The fourth-order valence-electron chi connectivity index (χ4n) is 2.45. The average molecular weight is 298 g/mol. The van der Waals surface area contributed by atoms with Gasteiger partial charge in [-0.1, -0.05) is 30.3 Å². The van der Waals surface area contributed by atoms with Crippen LogP contribution in [-0.2, 0) is 6.42 Å². The summed E-state index contributed by atoms with van der Waals surface area (Å²) in [5.74, 6) is 0. The van der Waals surface area contributed by atoms with Gasteiger partial charge < -0.3 is 25.3 Å². The third kappa shape index (κ3) is 7.02. The van der Waals surface area contributed by atoms with Crippen LogP contribution in [0.5, 0.6) is 0 Å². The van der Waals surface area contributed by atoms with Crippen molar-refractivity contribution < 1.29 is 25.3 Å². The van der Waals surface area contributed by atoms with E-state index >= 15 is 0 Å². The lowest BCUT2D eigenvalue weighted by Gasteiger charge is -2.29. The summed E-state index contributed by atoms with van der Waals surface area (Å²) < 4.78 is 0. The Kier molecular flexibility index (Phi) is 8.49. The fourth-order valence-corrected chi connectivity index (χ4v) is 2.45. The van der Waals surface area contributed by atoms with Gasteiger partial charge in [-0.2, -0.15) is 0 Å². The molecule has 1 unspecified atom stereocenters. The van der Waals surface area contributed by atoms with E-state index in [9.17, 15) is 10.2 Å². The maximum Gasteiger partial charge on any atom is 0.126 e. The van der Waals surface area contributed by atoms with Gasteiger partial charge in [-0.3, -0.25) is 0 Å². The first-order valence-corrected chi connectivity index (χ1v) is 7.53. The Bertz CT molecular complexity index is 362. The van der Waals surface area contributed by atoms with Gasteiger partial charge in [0.2, 0.25) is 0 Å². The van der Waals surface area contributed by atoms with Gasteiger partial charge in [-0.15, -0.1) is 0 Å². The van der Waals surface area contributed by atoms with Crippen molar-refractivity contribution in [1.29, 1.82) is 0 Å². The minimum absolute atomic E-state index is 0.215. The minimum Gasteiger partial charge on any atom is -0.393 e. The summed E-state index contributed by atoms with van der Waals surface area (Å²) in [6.45, 7) is 2.22. The Hall–Kier alpha value is -0.980. The molecule has 0 aromatic heterocycles. The van der Waals surface area contributed by atoms with E-state index in [2.05, 4.69) is 19.1 Å². The molecule has 0 spiro atoms. The number of hydrogen-bond donors (Lipinski definition) is 5. The fraction of sp³-hybridized carbons (Fsp3) is 0.625. The zero-order valence-electron chi connectivity index (χ0n) is 12.7. The third-order valence-electron chi connectivity index (χ3n) is 3.82. The van der Waals surface area contributed by atoms with Crippen molar-refractivity contribution >= 4 is 0 Å². The first-order chi connectivity index (χ1) is 10.1. The van der Waals surface area contributed by atoms with Crippen molar-refractivity contribution in [3.63, 3.8) is 0 Å². The number of nitrogens with one attached hydrogen (secondary N) is 1. The summed E-state index contributed by atoms with van der Waals surface area (Å²) in [6, 6.07) is 10.4. The molecule has 5 heteroatoms. The standard InChI is InChI=1S/C16H27NO4/c1-13(7-8-14-5-3-2-4-6-14)17(9-15(20)11-18)10-16(21)12-19/h2-6,13,15-16,18-21H,7-12H2,1H3/p+1/t13-,15-,16+/m1/s1. The molecule has 21 heavy (non-hydrogen) atoms. The van der Waals surface area contributed by atoms with Crippen LogP contribution in [0.25, 0.3) is 0 Å². The molecule has 0 saturated heterocycles. The highest BCUT2D eigenvalue weighted by Gasteiger charge is 2.23. The Labute approximate surface area is 126 Å². The monoisotopic (exact) mass is 298 g/mol. The van der Waals surface area contributed by atoms with E-state index in [0.29, 0.717) is 13.1 Å². The minimum atomic E-state index is -0.801. The van der Waals surface area contributed by atoms with Crippen LogP contribution in [-0.4, -0.2) is 65.0 Å². The van der Waals surface area contributed by atoms with Gasteiger partial charge in [0.25, 0.3) is 0 Å². The van der Waals surface area contributed by atoms with Crippen LogP contribution in [0.3, 0.4) is 0 Å². The highest BCUT2D eigenvalue weighted by molar-refractivity contribution is 5.14. The molecule has 0 fully saturated rings. The van der Waals surface area contributed by atoms with Gasteiger partial charge in [-0.25, -0.2) is 0 Å². The molecule has 0 aliphatic heterocycles. The summed E-state index contributed by atoms with van der Waals surface area (Å²) in [4.78, 5) is 0.994. The Balaban J connectivity index is 2.54. The third-order valence-corrected chi connectivity index (χ3v) is 3.82. The molecule has 5 nitrogen and oxygen atoms in total. The van der Waals surface area contributed by atoms with Crippen LogP contribution in [0.2, 0.25) is 0 Å².